The monoisotopic (exact) mass is 265 g/mol. The summed E-state index contributed by atoms with van der Waals surface area (Å²) in [5.74, 6) is 1.97. The fourth-order valence-electron chi connectivity index (χ4n) is 2.56. The largest absolute Gasteiger partial charge is 0.481 e. The van der Waals surface area contributed by atoms with E-state index in [0.29, 0.717) is 45.2 Å². The zero-order chi connectivity index (χ0) is 14.3. The van der Waals surface area contributed by atoms with Crippen LogP contribution >= 0.6 is 0 Å². The van der Waals surface area contributed by atoms with Gasteiger partial charge in [-0.2, -0.15) is 0 Å². The van der Waals surface area contributed by atoms with Gasteiger partial charge >= 0.3 is 5.97 Å². The first-order valence-corrected chi connectivity index (χ1v) is 7.00. The van der Waals surface area contributed by atoms with E-state index >= 15 is 0 Å². The van der Waals surface area contributed by atoms with E-state index in [1.165, 1.54) is 0 Å². The Morgan fingerprint density at radius 1 is 1.32 bits per heavy atom. The number of rotatable bonds is 6. The van der Waals surface area contributed by atoms with Gasteiger partial charge in [0.25, 0.3) is 0 Å². The molecule has 0 aromatic heterocycles. The van der Waals surface area contributed by atoms with E-state index in [4.69, 9.17) is 6.42 Å². The average molecular weight is 265 g/mol. The third-order valence-electron chi connectivity index (χ3n) is 4.17. The van der Waals surface area contributed by atoms with Crippen LogP contribution in [0.3, 0.4) is 0 Å². The van der Waals surface area contributed by atoms with E-state index in [-0.39, 0.29) is 5.91 Å². The van der Waals surface area contributed by atoms with Crippen LogP contribution in [0.25, 0.3) is 0 Å². The summed E-state index contributed by atoms with van der Waals surface area (Å²) < 4.78 is 0. The summed E-state index contributed by atoms with van der Waals surface area (Å²) in [6, 6.07) is 0. The molecule has 0 aliphatic carbocycles. The van der Waals surface area contributed by atoms with Gasteiger partial charge in [0.2, 0.25) is 5.91 Å². The summed E-state index contributed by atoms with van der Waals surface area (Å²) in [6.07, 6.45) is 9.85. The highest BCUT2D eigenvalue weighted by Gasteiger charge is 2.40. The number of hydrogen-bond acceptors (Lipinski definition) is 2. The molecule has 1 amide bonds. The predicted octanol–water partition coefficient (Wildman–Crippen LogP) is 2.28. The van der Waals surface area contributed by atoms with Crippen LogP contribution in [-0.4, -0.2) is 35.0 Å². The molecule has 1 rings (SSSR count). The molecule has 0 unspecified atom stereocenters. The van der Waals surface area contributed by atoms with Crippen molar-refractivity contribution >= 4 is 11.9 Å². The molecule has 19 heavy (non-hydrogen) atoms. The average Bonchev–Trinajstić information content (AvgIpc) is 2.43. The van der Waals surface area contributed by atoms with Gasteiger partial charge in [-0.25, -0.2) is 0 Å². The smallest absolute Gasteiger partial charge is 0.309 e. The van der Waals surface area contributed by atoms with Crippen LogP contribution in [0.15, 0.2) is 0 Å². The molecule has 1 saturated heterocycles. The third-order valence-corrected chi connectivity index (χ3v) is 4.17. The van der Waals surface area contributed by atoms with E-state index in [2.05, 4.69) is 5.92 Å². The summed E-state index contributed by atoms with van der Waals surface area (Å²) in [5.41, 5.74) is -0.625. The van der Waals surface area contributed by atoms with Gasteiger partial charge in [-0.3, -0.25) is 9.59 Å². The summed E-state index contributed by atoms with van der Waals surface area (Å²) in [4.78, 5) is 25.1. The van der Waals surface area contributed by atoms with Crippen LogP contribution in [-0.2, 0) is 9.59 Å². The lowest BCUT2D eigenvalue weighted by Gasteiger charge is -2.38. The molecule has 1 aliphatic rings. The number of hydrogen-bond donors (Lipinski definition) is 1. The number of likely N-dealkylation sites (tertiary alicyclic amines) is 1. The molecule has 0 saturated carbocycles. The minimum atomic E-state index is -0.726. The van der Waals surface area contributed by atoms with Gasteiger partial charge in [0, 0.05) is 25.9 Å². The fraction of sp³-hybridized carbons (Fsp3) is 0.733. The summed E-state index contributed by atoms with van der Waals surface area (Å²) in [5, 5.41) is 9.29. The molecule has 0 aromatic carbocycles. The van der Waals surface area contributed by atoms with Crippen LogP contribution in [0.1, 0.15) is 51.9 Å². The van der Waals surface area contributed by atoms with Crippen LogP contribution in [0.2, 0.25) is 0 Å². The SMILES string of the molecule is C#CCCCCC(=O)N1CCC(CC)(C(=O)O)CC1. The first-order valence-electron chi connectivity index (χ1n) is 7.00. The normalized spacial score (nSPS) is 17.8. The van der Waals surface area contributed by atoms with Crippen LogP contribution in [0, 0.1) is 17.8 Å². The van der Waals surface area contributed by atoms with Crippen molar-refractivity contribution in [3.05, 3.63) is 0 Å². The van der Waals surface area contributed by atoms with Gasteiger partial charge in [0.15, 0.2) is 0 Å². The Kier molecular flexibility index (Phi) is 5.88. The van der Waals surface area contributed by atoms with Crippen molar-refractivity contribution in [2.24, 2.45) is 5.41 Å². The summed E-state index contributed by atoms with van der Waals surface area (Å²) >= 11 is 0. The zero-order valence-corrected chi connectivity index (χ0v) is 11.7. The Labute approximate surface area is 115 Å². The van der Waals surface area contributed by atoms with Crippen molar-refractivity contribution in [3.63, 3.8) is 0 Å². The molecular formula is C15H23NO3. The first kappa shape index (κ1) is 15.6. The third kappa shape index (κ3) is 3.99. The lowest BCUT2D eigenvalue weighted by Crippen LogP contribution is -2.46. The minimum Gasteiger partial charge on any atom is -0.481 e. The quantitative estimate of drug-likeness (QED) is 0.592. The minimum absolute atomic E-state index is 0.132. The number of carboxylic acid groups (broad SMARTS) is 1. The van der Waals surface area contributed by atoms with Crippen LogP contribution < -0.4 is 0 Å². The highest BCUT2D eigenvalue weighted by molar-refractivity contribution is 5.78. The van der Waals surface area contributed by atoms with Crippen molar-refractivity contribution in [2.45, 2.75) is 51.9 Å². The highest BCUT2D eigenvalue weighted by Crippen LogP contribution is 2.35. The van der Waals surface area contributed by atoms with E-state index < -0.39 is 11.4 Å². The Hall–Kier alpha value is -1.50. The van der Waals surface area contributed by atoms with Crippen LogP contribution in [0.5, 0.6) is 0 Å². The standard InChI is InChI=1S/C15H23NO3/c1-3-5-6-7-8-13(17)16-11-9-15(4-2,10-12-16)14(18)19/h1H,4-12H2,2H3,(H,18,19). The molecule has 4 nitrogen and oxygen atoms in total. The van der Waals surface area contributed by atoms with Crippen molar-refractivity contribution in [1.29, 1.82) is 0 Å². The number of carbonyl (C=O) groups is 2. The summed E-state index contributed by atoms with van der Waals surface area (Å²) in [7, 11) is 0. The molecule has 0 bridgehead atoms. The van der Waals surface area contributed by atoms with E-state index in [0.717, 1.165) is 12.8 Å². The van der Waals surface area contributed by atoms with Gasteiger partial charge < -0.3 is 10.0 Å². The number of nitrogens with zero attached hydrogens (tertiary/aromatic N) is 1. The molecule has 1 aliphatic heterocycles. The molecule has 106 valence electrons. The van der Waals surface area contributed by atoms with Gasteiger partial charge in [0.05, 0.1) is 5.41 Å². The molecule has 0 atom stereocenters. The molecule has 4 heteroatoms. The molecule has 1 fully saturated rings. The van der Waals surface area contributed by atoms with Gasteiger partial charge in [-0.15, -0.1) is 12.3 Å². The second kappa shape index (κ2) is 7.18. The maximum absolute atomic E-state index is 12.0. The topological polar surface area (TPSA) is 57.6 Å². The van der Waals surface area contributed by atoms with Crippen LogP contribution in [0.4, 0.5) is 0 Å². The Bertz CT molecular complexity index is 362. The molecular weight excluding hydrogens is 242 g/mol. The van der Waals surface area contributed by atoms with Crippen molar-refractivity contribution < 1.29 is 14.7 Å². The van der Waals surface area contributed by atoms with E-state index in [1.54, 1.807) is 4.90 Å². The predicted molar refractivity (Wildman–Crippen MR) is 73.5 cm³/mol. The van der Waals surface area contributed by atoms with E-state index in [9.17, 15) is 14.7 Å². The number of piperidine rings is 1. The number of unbranched alkanes of at least 4 members (excludes halogenated alkanes) is 2. The van der Waals surface area contributed by atoms with Gasteiger partial charge in [-0.1, -0.05) is 6.92 Å². The van der Waals surface area contributed by atoms with Gasteiger partial charge in [-0.05, 0) is 32.1 Å². The number of aliphatic carboxylic acids is 1. The molecule has 0 radical (unpaired) electrons. The lowest BCUT2D eigenvalue weighted by atomic mass is 9.76. The highest BCUT2D eigenvalue weighted by atomic mass is 16.4. The number of carbonyl (C=O) groups excluding carboxylic acids is 1. The van der Waals surface area contributed by atoms with Crippen molar-refractivity contribution in [2.75, 3.05) is 13.1 Å². The second-order valence-electron chi connectivity index (χ2n) is 5.23. The fourth-order valence-corrected chi connectivity index (χ4v) is 2.56. The van der Waals surface area contributed by atoms with E-state index in [1.807, 2.05) is 6.92 Å². The maximum Gasteiger partial charge on any atom is 0.309 e. The summed E-state index contributed by atoms with van der Waals surface area (Å²) in [6.45, 7) is 3.04. The number of terminal acetylenes is 1. The molecule has 0 spiro atoms. The number of amides is 1. The second-order valence-corrected chi connectivity index (χ2v) is 5.23. The van der Waals surface area contributed by atoms with Crippen molar-refractivity contribution in [3.8, 4) is 12.3 Å². The Morgan fingerprint density at radius 3 is 2.42 bits per heavy atom. The number of carboxylic acids is 1. The van der Waals surface area contributed by atoms with Gasteiger partial charge in [0.1, 0.15) is 0 Å². The Balaban J connectivity index is 2.39. The Morgan fingerprint density at radius 2 is 1.95 bits per heavy atom. The molecule has 1 N–H and O–H groups in total. The maximum atomic E-state index is 12.0. The molecule has 0 aromatic rings. The van der Waals surface area contributed by atoms with Crippen molar-refractivity contribution in [1.82, 2.24) is 4.90 Å². The zero-order valence-electron chi connectivity index (χ0n) is 11.7. The lowest BCUT2D eigenvalue weighted by molar-refractivity contribution is -0.154. The first-order chi connectivity index (χ1) is 9.05. The molecule has 1 heterocycles.